The highest BCUT2D eigenvalue weighted by atomic mass is 16.6. The summed E-state index contributed by atoms with van der Waals surface area (Å²) in [4.78, 5) is 13.0. The second kappa shape index (κ2) is 16.7. The Kier molecular flexibility index (Phi) is 14.4. The molecule has 0 spiro atoms. The lowest BCUT2D eigenvalue weighted by Crippen LogP contribution is -2.38. The average molecular weight is 579 g/mol. The molecule has 4 N–H and O–H groups in total. The maximum Gasteiger partial charge on any atom is 0.334 e. The van der Waals surface area contributed by atoms with Gasteiger partial charge in [-0.2, -0.15) is 0 Å². The molecule has 0 aromatic rings. The van der Waals surface area contributed by atoms with Crippen LogP contribution in [0.15, 0.2) is 47.6 Å². The van der Waals surface area contributed by atoms with Crippen molar-refractivity contribution in [2.75, 3.05) is 7.11 Å². The molecule has 8 nitrogen and oxygen atoms in total. The van der Waals surface area contributed by atoms with E-state index >= 15 is 0 Å². The van der Waals surface area contributed by atoms with E-state index in [9.17, 15) is 25.2 Å². The summed E-state index contributed by atoms with van der Waals surface area (Å²) in [7, 11) is 1.61. The van der Waals surface area contributed by atoms with E-state index in [1.54, 1.807) is 20.1 Å². The van der Waals surface area contributed by atoms with E-state index in [1.165, 1.54) is 0 Å². The van der Waals surface area contributed by atoms with Crippen molar-refractivity contribution in [2.24, 2.45) is 23.7 Å². The summed E-state index contributed by atoms with van der Waals surface area (Å²) in [6, 6.07) is 0. The molecule has 0 aromatic heterocycles. The molecule has 234 valence electrons. The van der Waals surface area contributed by atoms with Crippen LogP contribution < -0.4 is 0 Å². The molecule has 0 aliphatic carbocycles. The minimum atomic E-state index is -0.738. The number of aliphatic hydroxyl groups excluding tert-OH is 4. The molecule has 0 bridgehead atoms. The Hall–Kier alpha value is -1.81. The molecule has 8 heteroatoms. The van der Waals surface area contributed by atoms with E-state index < -0.39 is 36.5 Å². The predicted molar refractivity (Wildman–Crippen MR) is 160 cm³/mol. The van der Waals surface area contributed by atoms with Crippen molar-refractivity contribution in [3.63, 3.8) is 0 Å². The first-order chi connectivity index (χ1) is 19.3. The molecule has 0 aromatic carbocycles. The highest BCUT2D eigenvalue weighted by Gasteiger charge is 2.49. The number of hydrogen-bond donors (Lipinski definition) is 4. The van der Waals surface area contributed by atoms with Gasteiger partial charge >= 0.3 is 5.97 Å². The van der Waals surface area contributed by atoms with Crippen LogP contribution in [0.1, 0.15) is 74.1 Å². The van der Waals surface area contributed by atoms with Gasteiger partial charge in [0.15, 0.2) is 0 Å². The zero-order chi connectivity index (χ0) is 30.9. The minimum absolute atomic E-state index is 0.00198. The summed E-state index contributed by atoms with van der Waals surface area (Å²) in [5, 5.41) is 42.4. The lowest BCUT2D eigenvalue weighted by molar-refractivity contribution is -0.146. The van der Waals surface area contributed by atoms with Gasteiger partial charge in [-0.05, 0) is 52.0 Å². The van der Waals surface area contributed by atoms with Crippen molar-refractivity contribution >= 4 is 5.97 Å². The lowest BCUT2D eigenvalue weighted by atomic mass is 9.85. The molecule has 2 aliphatic rings. The van der Waals surface area contributed by atoms with Gasteiger partial charge < -0.3 is 34.6 Å². The number of carbonyl (C=O) groups excluding carboxylic acids is 1. The Morgan fingerprint density at radius 2 is 1.63 bits per heavy atom. The predicted octanol–water partition coefficient (Wildman–Crippen LogP) is 4.27. The van der Waals surface area contributed by atoms with Crippen LogP contribution in [0.3, 0.4) is 0 Å². The van der Waals surface area contributed by atoms with Crippen LogP contribution >= 0.6 is 0 Å². The minimum Gasteiger partial charge on any atom is -0.458 e. The molecule has 1 fully saturated rings. The van der Waals surface area contributed by atoms with Gasteiger partial charge in [-0.15, -0.1) is 0 Å². The second-order valence-electron chi connectivity index (χ2n) is 12.2. The summed E-state index contributed by atoms with van der Waals surface area (Å²) in [5.74, 6) is -1.01. The molecule has 2 rings (SSSR count). The summed E-state index contributed by atoms with van der Waals surface area (Å²) < 4.78 is 16.9. The van der Waals surface area contributed by atoms with Crippen molar-refractivity contribution < 1.29 is 39.4 Å². The third-order valence-corrected chi connectivity index (χ3v) is 8.76. The first-order valence-electron chi connectivity index (χ1n) is 15.1. The molecular formula is C33H54O8. The second-order valence-corrected chi connectivity index (χ2v) is 12.2. The zero-order valence-electron chi connectivity index (χ0n) is 26.1. The SMILES string of the molecule is CO[C@@H](C)[C@@H](C)[C@H](O)[C@H](C)[C@@H](O)C/C=C/C[C@H](C)[C@@H]1C/C=C\C[C@@H](O)[C@@H]2O[C@H]2[C@@H](O)[C@H](C)/C=C(C)/C=C(\C)C(=O)O1. The average Bonchev–Trinajstić information content (AvgIpc) is 3.74. The number of aliphatic hydroxyl groups is 4. The normalized spacial score (nSPS) is 36.0. The van der Waals surface area contributed by atoms with Crippen molar-refractivity contribution in [1.29, 1.82) is 0 Å². The number of methoxy groups -OCH3 is 1. The van der Waals surface area contributed by atoms with E-state index in [0.29, 0.717) is 31.3 Å². The largest absolute Gasteiger partial charge is 0.458 e. The summed E-state index contributed by atoms with van der Waals surface area (Å²) in [5.41, 5.74) is 1.32. The van der Waals surface area contributed by atoms with Crippen LogP contribution in [0.5, 0.6) is 0 Å². The van der Waals surface area contributed by atoms with Crippen molar-refractivity contribution in [1.82, 2.24) is 0 Å². The van der Waals surface area contributed by atoms with Gasteiger partial charge in [0.2, 0.25) is 0 Å². The van der Waals surface area contributed by atoms with E-state index in [4.69, 9.17) is 14.2 Å². The van der Waals surface area contributed by atoms with Crippen molar-refractivity contribution in [3.8, 4) is 0 Å². The fourth-order valence-corrected chi connectivity index (χ4v) is 5.32. The Labute approximate surface area is 246 Å². The summed E-state index contributed by atoms with van der Waals surface area (Å²) in [6.07, 6.45) is 9.17. The Balaban J connectivity index is 2.06. The third-order valence-electron chi connectivity index (χ3n) is 8.76. The number of fused-ring (bicyclic) bond motifs is 1. The molecule has 0 saturated carbocycles. The number of esters is 1. The van der Waals surface area contributed by atoms with Gasteiger partial charge in [0, 0.05) is 36.9 Å². The van der Waals surface area contributed by atoms with E-state index in [1.807, 2.05) is 71.9 Å². The monoisotopic (exact) mass is 578 g/mol. The molecule has 0 amide bonds. The molecule has 12 atom stereocenters. The van der Waals surface area contributed by atoms with Gasteiger partial charge in [-0.25, -0.2) is 4.79 Å². The first-order valence-corrected chi connectivity index (χ1v) is 15.1. The number of cyclic esters (lactones) is 1. The van der Waals surface area contributed by atoms with Crippen molar-refractivity contribution in [3.05, 3.63) is 47.6 Å². The highest BCUT2D eigenvalue weighted by Crippen LogP contribution is 2.34. The van der Waals surface area contributed by atoms with E-state index in [2.05, 4.69) is 0 Å². The number of ether oxygens (including phenoxy) is 3. The standard InChI is InChI=1S/C33H54O8/c1-19-17-21(3)29(36)32-31(41-32)27(35)15-11-12-16-28(40-33(38)22(4)18-19)20(2)13-9-10-14-26(34)24(6)30(37)23(5)25(7)39-8/h9-12,17-18,20-21,23-32,34-37H,13-16H2,1-8H3/b10-9+,12-11-,19-17+,22-18+/t20-,21+,23+,24+,25-,26-,27+,28-,29-,30-,31-,32-/m0/s1. The number of allylic oxidation sites excluding steroid dienone is 3. The van der Waals surface area contributed by atoms with Crippen LogP contribution in [-0.2, 0) is 19.0 Å². The maximum absolute atomic E-state index is 13.0. The van der Waals surface area contributed by atoms with Gasteiger partial charge in [0.05, 0.1) is 30.5 Å². The first kappa shape index (κ1) is 35.4. The molecule has 2 aliphatic heterocycles. The quantitative estimate of drug-likeness (QED) is 0.172. The van der Waals surface area contributed by atoms with Crippen LogP contribution in [0.2, 0.25) is 0 Å². The summed E-state index contributed by atoms with van der Waals surface area (Å²) in [6.45, 7) is 13.2. The van der Waals surface area contributed by atoms with Gasteiger partial charge in [0.1, 0.15) is 18.3 Å². The molecule has 0 radical (unpaired) electrons. The lowest BCUT2D eigenvalue weighted by Gasteiger charge is -2.31. The topological polar surface area (TPSA) is 129 Å². The number of epoxide rings is 1. The van der Waals surface area contributed by atoms with Crippen molar-refractivity contribution in [2.45, 2.75) is 123 Å². The number of rotatable bonds is 10. The molecule has 41 heavy (non-hydrogen) atoms. The van der Waals surface area contributed by atoms with Crippen LogP contribution in [0.25, 0.3) is 0 Å². The smallest absolute Gasteiger partial charge is 0.334 e. The van der Waals surface area contributed by atoms with Crippen LogP contribution in [-0.4, -0.2) is 82.3 Å². The maximum atomic E-state index is 13.0. The number of hydrogen-bond acceptors (Lipinski definition) is 8. The van der Waals surface area contributed by atoms with Crippen LogP contribution in [0.4, 0.5) is 0 Å². The zero-order valence-corrected chi connectivity index (χ0v) is 26.1. The third kappa shape index (κ3) is 10.8. The van der Waals surface area contributed by atoms with Gasteiger partial charge in [-0.3, -0.25) is 0 Å². The van der Waals surface area contributed by atoms with Gasteiger partial charge in [-0.1, -0.05) is 63.6 Å². The van der Waals surface area contributed by atoms with Gasteiger partial charge in [0.25, 0.3) is 0 Å². The summed E-state index contributed by atoms with van der Waals surface area (Å²) >= 11 is 0. The molecule has 2 heterocycles. The van der Waals surface area contributed by atoms with E-state index in [0.717, 1.165) is 5.57 Å². The fourth-order valence-electron chi connectivity index (χ4n) is 5.32. The number of carbonyl (C=O) groups is 1. The Morgan fingerprint density at radius 3 is 2.29 bits per heavy atom. The van der Waals surface area contributed by atoms with E-state index in [-0.39, 0.29) is 42.0 Å². The Morgan fingerprint density at radius 1 is 1.00 bits per heavy atom. The molecule has 1 saturated heterocycles. The highest BCUT2D eigenvalue weighted by molar-refractivity contribution is 5.88. The fraction of sp³-hybridized carbons (Fsp3) is 0.727. The van der Waals surface area contributed by atoms with Crippen LogP contribution in [0, 0.1) is 23.7 Å². The molecule has 0 unspecified atom stereocenters. The molecular weight excluding hydrogens is 524 g/mol. The Bertz CT molecular complexity index is 940.